The summed E-state index contributed by atoms with van der Waals surface area (Å²) >= 11 is 0. The predicted molar refractivity (Wildman–Crippen MR) is 30.2 cm³/mol. The summed E-state index contributed by atoms with van der Waals surface area (Å²) < 4.78 is 0. The summed E-state index contributed by atoms with van der Waals surface area (Å²) in [6.07, 6.45) is 2.37. The minimum absolute atomic E-state index is 0. The van der Waals surface area contributed by atoms with Gasteiger partial charge in [0.15, 0.2) is 0 Å². The number of carbonyl (C=O) groups excluding carboxylic acids is 2. The van der Waals surface area contributed by atoms with Gasteiger partial charge >= 0.3 is 0 Å². The van der Waals surface area contributed by atoms with Gasteiger partial charge in [0.2, 0.25) is 0 Å². The molecule has 0 N–H and O–H groups in total. The van der Waals surface area contributed by atoms with Crippen molar-refractivity contribution in [2.45, 2.75) is 6.92 Å². The van der Waals surface area contributed by atoms with Gasteiger partial charge in [-0.2, -0.15) is 11.6 Å². The second-order valence-corrected chi connectivity index (χ2v) is 1.92. The molecule has 0 fully saturated rings. The van der Waals surface area contributed by atoms with Crippen molar-refractivity contribution in [3.8, 4) is 0 Å². The number of rotatable bonds is 0. The van der Waals surface area contributed by atoms with E-state index in [4.69, 9.17) is 0 Å². The molecule has 0 saturated carbocycles. The van der Waals surface area contributed by atoms with Gasteiger partial charge in [-0.05, 0) is 7.05 Å². The Morgan fingerprint density at radius 2 is 1.90 bits per heavy atom. The van der Waals surface area contributed by atoms with Gasteiger partial charge in [0.25, 0.3) is 0 Å². The van der Waals surface area contributed by atoms with Crippen LogP contribution in [0.3, 0.4) is 0 Å². The fraction of sp³-hybridized carbons (Fsp3) is 0.333. The SMILES string of the molecule is CC1=[C-]C(=O)N(C)C1=O.[W]. The molecule has 10 heavy (non-hydrogen) atoms. The number of amides is 2. The molecule has 1 heterocycles. The molecule has 0 bridgehead atoms. The molecule has 1 aliphatic heterocycles. The van der Waals surface area contributed by atoms with Crippen molar-refractivity contribution < 1.29 is 30.7 Å². The van der Waals surface area contributed by atoms with Crippen LogP contribution in [0, 0.1) is 6.08 Å². The topological polar surface area (TPSA) is 37.4 Å². The Morgan fingerprint density at radius 3 is 2.00 bits per heavy atom. The molecule has 0 aromatic rings. The van der Waals surface area contributed by atoms with E-state index in [-0.39, 0.29) is 32.9 Å². The molecule has 0 aliphatic carbocycles. The second-order valence-electron chi connectivity index (χ2n) is 1.92. The summed E-state index contributed by atoms with van der Waals surface area (Å²) in [7, 11) is 1.44. The van der Waals surface area contributed by atoms with Crippen LogP contribution in [0.25, 0.3) is 0 Å². The van der Waals surface area contributed by atoms with E-state index in [1.54, 1.807) is 6.92 Å². The van der Waals surface area contributed by atoms with Crippen LogP contribution in [-0.2, 0) is 30.7 Å². The molecule has 0 aromatic carbocycles. The van der Waals surface area contributed by atoms with E-state index in [9.17, 15) is 9.59 Å². The molecule has 0 aromatic heterocycles. The van der Waals surface area contributed by atoms with Crippen LogP contribution in [0.5, 0.6) is 0 Å². The summed E-state index contributed by atoms with van der Waals surface area (Å²) in [5, 5.41) is 0. The Bertz CT molecular complexity index is 210. The zero-order chi connectivity index (χ0) is 7.02. The molecule has 0 unspecified atom stereocenters. The maximum absolute atomic E-state index is 10.7. The van der Waals surface area contributed by atoms with Crippen LogP contribution in [0.15, 0.2) is 5.57 Å². The summed E-state index contributed by atoms with van der Waals surface area (Å²) in [4.78, 5) is 22.3. The largest absolute Gasteiger partial charge is 0.383 e. The van der Waals surface area contributed by atoms with E-state index in [0.717, 1.165) is 4.90 Å². The van der Waals surface area contributed by atoms with Crippen molar-refractivity contribution in [1.29, 1.82) is 0 Å². The second kappa shape index (κ2) is 3.11. The van der Waals surface area contributed by atoms with Crippen molar-refractivity contribution in [1.82, 2.24) is 4.90 Å². The minimum atomic E-state index is -0.350. The van der Waals surface area contributed by atoms with Crippen molar-refractivity contribution in [3.05, 3.63) is 11.6 Å². The summed E-state index contributed by atoms with van der Waals surface area (Å²) in [6.45, 7) is 1.57. The van der Waals surface area contributed by atoms with Crippen LogP contribution in [0.2, 0.25) is 0 Å². The standard InChI is InChI=1S/C6H6NO2.W/c1-4-3-5(8)7(2)6(4)9;/h1-2H3;/q-1;. The van der Waals surface area contributed by atoms with E-state index >= 15 is 0 Å². The number of hydrogen-bond donors (Lipinski definition) is 0. The number of imide groups is 1. The normalized spacial score (nSPS) is 17.0. The summed E-state index contributed by atoms with van der Waals surface area (Å²) in [6, 6.07) is 0. The smallest absolute Gasteiger partial charge is 0.146 e. The van der Waals surface area contributed by atoms with Crippen LogP contribution in [0.1, 0.15) is 6.92 Å². The Balaban J connectivity index is 0.000000810. The van der Waals surface area contributed by atoms with Gasteiger partial charge in [0, 0.05) is 21.1 Å². The Kier molecular flexibility index (Phi) is 2.97. The number of likely N-dealkylation sites (N-methyl/N-ethyl adjacent to an activating group) is 1. The molecule has 3 nitrogen and oxygen atoms in total. The van der Waals surface area contributed by atoms with E-state index in [1.807, 2.05) is 0 Å². The summed E-state index contributed by atoms with van der Waals surface area (Å²) in [5.41, 5.74) is 0.391. The van der Waals surface area contributed by atoms with Gasteiger partial charge in [-0.25, -0.2) is 0 Å². The molecule has 0 spiro atoms. The fourth-order valence-corrected chi connectivity index (χ4v) is 0.642. The van der Waals surface area contributed by atoms with E-state index in [0.29, 0.717) is 5.57 Å². The minimum Gasteiger partial charge on any atom is -0.383 e. The molecule has 54 valence electrons. The zero-order valence-electron chi connectivity index (χ0n) is 5.67. The van der Waals surface area contributed by atoms with E-state index in [1.165, 1.54) is 7.05 Å². The van der Waals surface area contributed by atoms with Gasteiger partial charge in [-0.15, -0.1) is 0 Å². The molecule has 4 heteroatoms. The third-order valence-electron chi connectivity index (χ3n) is 1.22. The number of carbonyl (C=O) groups is 2. The third-order valence-corrected chi connectivity index (χ3v) is 1.22. The Hall–Kier alpha value is -0.432. The van der Waals surface area contributed by atoms with Crippen molar-refractivity contribution in [2.24, 2.45) is 0 Å². The first-order chi connectivity index (χ1) is 4.13. The quantitative estimate of drug-likeness (QED) is 0.456. The monoisotopic (exact) mass is 308 g/mol. The Morgan fingerprint density at radius 1 is 1.40 bits per heavy atom. The van der Waals surface area contributed by atoms with Crippen molar-refractivity contribution >= 4 is 11.8 Å². The van der Waals surface area contributed by atoms with Crippen LogP contribution in [0.4, 0.5) is 0 Å². The first kappa shape index (κ1) is 9.57. The molecule has 0 saturated heterocycles. The average molecular weight is 308 g/mol. The average Bonchev–Trinajstić information content (AvgIpc) is 1.98. The van der Waals surface area contributed by atoms with Gasteiger partial charge in [0.1, 0.15) is 5.91 Å². The van der Waals surface area contributed by atoms with Gasteiger partial charge in [-0.3, -0.25) is 4.79 Å². The number of hydrogen-bond acceptors (Lipinski definition) is 2. The molecular formula is C6H6NO2W-. The van der Waals surface area contributed by atoms with Crippen LogP contribution < -0.4 is 0 Å². The molecule has 1 aliphatic rings. The molecule has 0 atom stereocenters. The first-order valence-corrected chi connectivity index (χ1v) is 2.55. The van der Waals surface area contributed by atoms with Gasteiger partial charge in [0.05, 0.1) is 5.91 Å². The van der Waals surface area contributed by atoms with E-state index < -0.39 is 0 Å². The number of nitrogens with zero attached hydrogens (tertiary/aromatic N) is 1. The molecule has 2 amide bonds. The van der Waals surface area contributed by atoms with Crippen molar-refractivity contribution in [3.63, 3.8) is 0 Å². The van der Waals surface area contributed by atoms with Crippen LogP contribution >= 0.6 is 0 Å². The third kappa shape index (κ3) is 1.35. The molecule has 1 rings (SSSR count). The fourth-order valence-electron chi connectivity index (χ4n) is 0.642. The zero-order valence-corrected chi connectivity index (χ0v) is 8.61. The first-order valence-electron chi connectivity index (χ1n) is 2.55. The Labute approximate surface area is 73.3 Å². The van der Waals surface area contributed by atoms with Crippen LogP contribution in [-0.4, -0.2) is 23.8 Å². The molecular weight excluding hydrogens is 302 g/mol. The maximum atomic E-state index is 10.7. The van der Waals surface area contributed by atoms with Gasteiger partial charge in [-0.1, -0.05) is 6.92 Å². The van der Waals surface area contributed by atoms with Gasteiger partial charge < -0.3 is 9.69 Å². The van der Waals surface area contributed by atoms with E-state index in [2.05, 4.69) is 6.08 Å². The predicted octanol–water partition coefficient (Wildman–Crippen LogP) is -0.268. The summed E-state index contributed by atoms with van der Waals surface area (Å²) in [5.74, 6) is -0.600. The maximum Gasteiger partial charge on any atom is 0.146 e. The van der Waals surface area contributed by atoms with Crippen molar-refractivity contribution in [2.75, 3.05) is 7.05 Å². The molecule has 0 radical (unpaired) electrons.